The normalized spacial score (nSPS) is 15.8. The largest absolute Gasteiger partial charge is 0.280 e. The molecule has 2 heterocycles. The van der Waals surface area contributed by atoms with Crippen LogP contribution in [0.15, 0.2) is 32.3 Å². The topological polar surface area (TPSA) is 61.4 Å². The fourth-order valence-corrected chi connectivity index (χ4v) is 1.80. The smallest absolute Gasteiger partial charge is 0.267 e. The van der Waals surface area contributed by atoms with Gasteiger partial charge in [0, 0.05) is 17.8 Å². The highest BCUT2D eigenvalue weighted by Gasteiger charge is 2.16. The third kappa shape index (κ3) is 1.92. The molecule has 84 valence electrons. The Labute approximate surface area is 101 Å². The van der Waals surface area contributed by atoms with Crippen LogP contribution in [-0.2, 0) is 0 Å². The molecule has 2 rings (SSSR count). The Morgan fingerprint density at radius 2 is 2.25 bits per heavy atom. The summed E-state index contributed by atoms with van der Waals surface area (Å²) in [4.78, 5) is 11.4. The summed E-state index contributed by atoms with van der Waals surface area (Å²) < 4.78 is 0.439. The molecule has 0 radical (unpaired) electrons. The predicted octanol–water partition coefficient (Wildman–Crippen LogP) is 2.02. The van der Waals surface area contributed by atoms with Crippen molar-refractivity contribution in [1.29, 1.82) is 0 Å². The van der Waals surface area contributed by atoms with E-state index in [0.717, 1.165) is 17.8 Å². The first-order valence-corrected chi connectivity index (χ1v) is 5.63. The summed E-state index contributed by atoms with van der Waals surface area (Å²) in [6.45, 7) is 3.90. The lowest BCUT2D eigenvalue weighted by Gasteiger charge is -2.24. The lowest BCUT2D eigenvalue weighted by Crippen LogP contribution is -2.23. The van der Waals surface area contributed by atoms with Crippen LogP contribution < -0.4 is 10.6 Å². The van der Waals surface area contributed by atoms with Gasteiger partial charge in [-0.25, -0.2) is 10.1 Å². The number of nitrogens with one attached hydrogen (secondary N) is 1. The number of nitrogens with zero attached hydrogens (tertiary/aromatic N) is 3. The second-order valence-electron chi connectivity index (χ2n) is 3.60. The molecule has 1 aliphatic rings. The van der Waals surface area contributed by atoms with E-state index in [1.54, 1.807) is 11.2 Å². The molecule has 0 saturated carbocycles. The van der Waals surface area contributed by atoms with Gasteiger partial charge >= 0.3 is 0 Å². The molecule has 0 aliphatic carbocycles. The molecule has 1 N–H and O–H groups in total. The summed E-state index contributed by atoms with van der Waals surface area (Å²) in [5.41, 5.74) is 2.37. The molecule has 0 atom stereocenters. The summed E-state index contributed by atoms with van der Waals surface area (Å²) in [5, 5.41) is 12.2. The molecule has 0 fully saturated rings. The molecule has 0 amide bonds. The minimum atomic E-state index is -0.260. The van der Waals surface area contributed by atoms with E-state index >= 15 is 0 Å². The number of allylic oxidation sites excluding steroid dienone is 2. The Balaban J connectivity index is 2.52. The molecular formula is C10H11BrN4O. The third-order valence-electron chi connectivity index (χ3n) is 2.30. The molecule has 0 unspecified atom stereocenters. The maximum Gasteiger partial charge on any atom is 0.280 e. The summed E-state index contributed by atoms with van der Waals surface area (Å²) in [6, 6.07) is 0. The summed E-state index contributed by atoms with van der Waals surface area (Å²) >= 11 is 3.24. The Kier molecular flexibility index (Phi) is 2.91. The molecule has 6 heteroatoms. The van der Waals surface area contributed by atoms with Gasteiger partial charge in [0.15, 0.2) is 0 Å². The summed E-state index contributed by atoms with van der Waals surface area (Å²) in [6.07, 6.45) is 4.48. The van der Waals surface area contributed by atoms with Gasteiger partial charge in [-0.3, -0.25) is 4.79 Å². The van der Waals surface area contributed by atoms with Gasteiger partial charge in [0.2, 0.25) is 0 Å². The molecule has 0 saturated heterocycles. The van der Waals surface area contributed by atoms with Gasteiger partial charge in [-0.1, -0.05) is 6.08 Å². The zero-order valence-corrected chi connectivity index (χ0v) is 10.6. The Morgan fingerprint density at radius 1 is 1.50 bits per heavy atom. The quantitative estimate of drug-likeness (QED) is 0.857. The van der Waals surface area contributed by atoms with E-state index in [2.05, 4.69) is 37.3 Å². The maximum absolute atomic E-state index is 11.4. The number of hydrogen-bond acceptors (Lipinski definition) is 4. The number of anilines is 1. The molecule has 1 aromatic heterocycles. The number of aromatic nitrogens is 2. The van der Waals surface area contributed by atoms with E-state index < -0.39 is 0 Å². The Bertz CT molecular complexity index is 532. The minimum absolute atomic E-state index is 0.260. The van der Waals surface area contributed by atoms with Crippen LogP contribution >= 0.6 is 15.9 Å². The molecule has 16 heavy (non-hydrogen) atoms. The van der Waals surface area contributed by atoms with E-state index in [4.69, 9.17) is 0 Å². The fraction of sp³-hybridized carbons (Fsp3) is 0.300. The van der Waals surface area contributed by atoms with E-state index in [1.807, 2.05) is 13.8 Å². The van der Waals surface area contributed by atoms with Crippen molar-refractivity contribution >= 4 is 27.3 Å². The molecule has 0 aromatic carbocycles. The van der Waals surface area contributed by atoms with Gasteiger partial charge in [-0.05, 0) is 29.8 Å². The Hall–Kier alpha value is -1.43. The average Bonchev–Trinajstić information content (AvgIpc) is 2.26. The van der Waals surface area contributed by atoms with Crippen LogP contribution in [0.25, 0.3) is 0 Å². The highest BCUT2D eigenvalue weighted by molar-refractivity contribution is 9.10. The minimum Gasteiger partial charge on any atom is -0.267 e. The summed E-state index contributed by atoms with van der Waals surface area (Å²) in [5.74, 6) is 0. The first kappa shape index (κ1) is 11.1. The van der Waals surface area contributed by atoms with Gasteiger partial charge in [-0.2, -0.15) is 10.2 Å². The van der Waals surface area contributed by atoms with Crippen molar-refractivity contribution in [3.63, 3.8) is 0 Å². The zero-order chi connectivity index (χ0) is 11.7. The standard InChI is InChI=1S/C10H11BrN4O/c1-6-3-4-7(2)15(14-6)8-5-12-13-10(16)9(8)11/h4-5H,3H2,1-2H3,(H,13,16). The highest BCUT2D eigenvalue weighted by Crippen LogP contribution is 2.27. The van der Waals surface area contributed by atoms with Gasteiger partial charge in [0.1, 0.15) is 10.2 Å². The number of rotatable bonds is 1. The van der Waals surface area contributed by atoms with Crippen LogP contribution in [0.5, 0.6) is 0 Å². The lowest BCUT2D eigenvalue weighted by molar-refractivity contribution is 0.907. The lowest BCUT2D eigenvalue weighted by atomic mass is 10.2. The van der Waals surface area contributed by atoms with E-state index in [9.17, 15) is 4.79 Å². The van der Waals surface area contributed by atoms with E-state index in [-0.39, 0.29) is 5.56 Å². The van der Waals surface area contributed by atoms with Crippen LogP contribution in [0.2, 0.25) is 0 Å². The summed E-state index contributed by atoms with van der Waals surface area (Å²) in [7, 11) is 0. The Morgan fingerprint density at radius 3 is 3.00 bits per heavy atom. The number of H-pyrrole nitrogens is 1. The first-order chi connectivity index (χ1) is 7.59. The van der Waals surface area contributed by atoms with Crippen LogP contribution in [0.4, 0.5) is 5.69 Å². The first-order valence-electron chi connectivity index (χ1n) is 4.83. The van der Waals surface area contributed by atoms with Gasteiger partial charge in [0.05, 0.1) is 6.20 Å². The number of halogens is 1. The highest BCUT2D eigenvalue weighted by atomic mass is 79.9. The van der Waals surface area contributed by atoms with Crippen molar-refractivity contribution < 1.29 is 0 Å². The van der Waals surface area contributed by atoms with Crippen molar-refractivity contribution in [2.45, 2.75) is 20.3 Å². The van der Waals surface area contributed by atoms with Gasteiger partial charge in [0.25, 0.3) is 5.56 Å². The van der Waals surface area contributed by atoms with Crippen LogP contribution in [0, 0.1) is 0 Å². The van der Waals surface area contributed by atoms with Crippen molar-refractivity contribution in [2.75, 3.05) is 5.01 Å². The third-order valence-corrected chi connectivity index (χ3v) is 3.07. The maximum atomic E-state index is 11.4. The van der Waals surface area contributed by atoms with Gasteiger partial charge < -0.3 is 0 Å². The van der Waals surface area contributed by atoms with Crippen LogP contribution in [-0.4, -0.2) is 15.9 Å². The number of hydrogen-bond donors (Lipinski definition) is 1. The van der Waals surface area contributed by atoms with E-state index in [1.165, 1.54) is 0 Å². The monoisotopic (exact) mass is 282 g/mol. The SMILES string of the molecule is CC1=CCC(C)=NN1c1cn[nH]c(=O)c1Br. The molecule has 0 bridgehead atoms. The molecule has 5 nitrogen and oxygen atoms in total. The fourth-order valence-electron chi connectivity index (χ4n) is 1.44. The van der Waals surface area contributed by atoms with Crippen molar-refractivity contribution in [3.05, 3.63) is 32.8 Å². The van der Waals surface area contributed by atoms with Crippen molar-refractivity contribution in [3.8, 4) is 0 Å². The molecular weight excluding hydrogens is 272 g/mol. The number of hydrazone groups is 1. The van der Waals surface area contributed by atoms with Crippen LogP contribution in [0.1, 0.15) is 20.3 Å². The molecule has 1 aliphatic heterocycles. The molecule has 0 spiro atoms. The average molecular weight is 283 g/mol. The number of aromatic amines is 1. The van der Waals surface area contributed by atoms with Crippen LogP contribution in [0.3, 0.4) is 0 Å². The van der Waals surface area contributed by atoms with Crippen molar-refractivity contribution in [2.24, 2.45) is 5.10 Å². The van der Waals surface area contributed by atoms with Crippen molar-refractivity contribution in [1.82, 2.24) is 10.2 Å². The van der Waals surface area contributed by atoms with E-state index in [0.29, 0.717) is 10.2 Å². The predicted molar refractivity (Wildman–Crippen MR) is 66.5 cm³/mol. The van der Waals surface area contributed by atoms with Gasteiger partial charge in [-0.15, -0.1) is 0 Å². The molecule has 1 aromatic rings. The zero-order valence-electron chi connectivity index (χ0n) is 8.99. The second kappa shape index (κ2) is 4.21. The second-order valence-corrected chi connectivity index (χ2v) is 4.39.